The minimum atomic E-state index is 0.0994. The zero-order chi connectivity index (χ0) is 10.1. The lowest BCUT2D eigenvalue weighted by Gasteiger charge is -2.13. The number of rotatable bonds is 0. The molecular formula is C12H15NO. The summed E-state index contributed by atoms with van der Waals surface area (Å²) in [6, 6.07) is 8.04. The molecule has 0 aliphatic carbocycles. The molecule has 1 aromatic carbocycles. The van der Waals surface area contributed by atoms with Gasteiger partial charge in [-0.25, -0.2) is 0 Å². The molecular weight excluding hydrogens is 174 g/mol. The minimum Gasteiger partial charge on any atom is -0.326 e. The van der Waals surface area contributed by atoms with Crippen LogP contribution in [0.25, 0.3) is 0 Å². The maximum absolute atomic E-state index is 11.7. The van der Waals surface area contributed by atoms with Crippen molar-refractivity contribution in [2.24, 2.45) is 11.8 Å². The molecule has 0 fully saturated rings. The van der Waals surface area contributed by atoms with Crippen LogP contribution in [0, 0.1) is 11.8 Å². The highest BCUT2D eigenvalue weighted by molar-refractivity contribution is 5.94. The first-order chi connectivity index (χ1) is 6.68. The van der Waals surface area contributed by atoms with Gasteiger partial charge in [-0.15, -0.1) is 0 Å². The summed E-state index contributed by atoms with van der Waals surface area (Å²) in [7, 11) is 0. The maximum Gasteiger partial charge on any atom is 0.227 e. The molecule has 1 heterocycles. The third kappa shape index (κ3) is 1.52. The van der Waals surface area contributed by atoms with E-state index in [1.54, 1.807) is 0 Å². The summed E-state index contributed by atoms with van der Waals surface area (Å²) in [4.78, 5) is 11.7. The molecule has 74 valence electrons. The van der Waals surface area contributed by atoms with Crippen molar-refractivity contribution in [3.63, 3.8) is 0 Å². The van der Waals surface area contributed by atoms with Gasteiger partial charge in [0, 0.05) is 11.6 Å². The second-order valence-corrected chi connectivity index (χ2v) is 4.12. The molecule has 0 bridgehead atoms. The molecule has 0 aromatic heterocycles. The van der Waals surface area contributed by atoms with Gasteiger partial charge in [0.1, 0.15) is 0 Å². The summed E-state index contributed by atoms with van der Waals surface area (Å²) < 4.78 is 0. The monoisotopic (exact) mass is 189 g/mol. The number of hydrogen-bond acceptors (Lipinski definition) is 1. The van der Waals surface area contributed by atoms with Crippen LogP contribution in [0.1, 0.15) is 19.4 Å². The van der Waals surface area contributed by atoms with E-state index in [1.807, 2.05) is 25.1 Å². The molecule has 14 heavy (non-hydrogen) atoms. The van der Waals surface area contributed by atoms with Crippen LogP contribution in [-0.4, -0.2) is 5.91 Å². The van der Waals surface area contributed by atoms with Crippen LogP contribution >= 0.6 is 0 Å². The molecule has 0 spiro atoms. The summed E-state index contributed by atoms with van der Waals surface area (Å²) in [5.41, 5.74) is 2.23. The third-order valence-electron chi connectivity index (χ3n) is 3.08. The Bertz CT molecular complexity index is 359. The quantitative estimate of drug-likeness (QED) is 0.667. The Balaban J connectivity index is 2.39. The number of carbonyl (C=O) groups excluding carboxylic acids is 1. The van der Waals surface area contributed by atoms with Gasteiger partial charge in [0.15, 0.2) is 0 Å². The predicted octanol–water partition coefficient (Wildman–Crippen LogP) is 2.45. The van der Waals surface area contributed by atoms with Gasteiger partial charge in [-0.1, -0.05) is 32.0 Å². The molecule has 0 saturated carbocycles. The predicted molar refractivity (Wildman–Crippen MR) is 57.1 cm³/mol. The van der Waals surface area contributed by atoms with E-state index >= 15 is 0 Å². The van der Waals surface area contributed by atoms with Crippen molar-refractivity contribution < 1.29 is 4.79 Å². The second kappa shape index (κ2) is 3.45. The Kier molecular flexibility index (Phi) is 2.28. The van der Waals surface area contributed by atoms with Gasteiger partial charge < -0.3 is 5.32 Å². The van der Waals surface area contributed by atoms with Crippen molar-refractivity contribution in [2.45, 2.75) is 20.3 Å². The number of nitrogens with one attached hydrogen (secondary N) is 1. The fourth-order valence-corrected chi connectivity index (χ4v) is 1.85. The lowest BCUT2D eigenvalue weighted by Crippen LogP contribution is -2.23. The van der Waals surface area contributed by atoms with E-state index in [2.05, 4.69) is 18.3 Å². The lowest BCUT2D eigenvalue weighted by atomic mass is 9.90. The molecule has 1 aromatic rings. The van der Waals surface area contributed by atoms with Gasteiger partial charge in [0.2, 0.25) is 5.91 Å². The number of carbonyl (C=O) groups is 1. The number of benzene rings is 1. The first-order valence-electron chi connectivity index (χ1n) is 5.07. The van der Waals surface area contributed by atoms with Crippen molar-refractivity contribution in [3.05, 3.63) is 29.8 Å². The van der Waals surface area contributed by atoms with E-state index in [1.165, 1.54) is 5.56 Å². The first kappa shape index (κ1) is 9.25. The number of hydrogen-bond donors (Lipinski definition) is 1. The zero-order valence-corrected chi connectivity index (χ0v) is 8.58. The highest BCUT2D eigenvalue weighted by atomic mass is 16.1. The standard InChI is InChI=1S/C12H15NO/c1-8-7-10-5-3-4-6-11(10)13-12(14)9(8)2/h3-6,8-9H,7H2,1-2H3,(H,13,14). The van der Waals surface area contributed by atoms with Gasteiger partial charge >= 0.3 is 0 Å². The van der Waals surface area contributed by atoms with E-state index in [4.69, 9.17) is 0 Å². The summed E-state index contributed by atoms with van der Waals surface area (Å²) in [6.45, 7) is 4.12. The summed E-state index contributed by atoms with van der Waals surface area (Å²) >= 11 is 0. The van der Waals surface area contributed by atoms with Crippen LogP contribution in [0.4, 0.5) is 5.69 Å². The number of anilines is 1. The largest absolute Gasteiger partial charge is 0.326 e. The van der Waals surface area contributed by atoms with Gasteiger partial charge in [0.05, 0.1) is 0 Å². The van der Waals surface area contributed by atoms with Crippen LogP contribution < -0.4 is 5.32 Å². The Labute approximate surface area is 84.3 Å². The highest BCUT2D eigenvalue weighted by Crippen LogP contribution is 2.27. The van der Waals surface area contributed by atoms with Crippen LogP contribution in [0.3, 0.4) is 0 Å². The fourth-order valence-electron chi connectivity index (χ4n) is 1.85. The lowest BCUT2D eigenvalue weighted by molar-refractivity contribution is -0.120. The Hall–Kier alpha value is -1.31. The molecule has 0 saturated heterocycles. The third-order valence-corrected chi connectivity index (χ3v) is 3.08. The Morgan fingerprint density at radius 2 is 2.00 bits per heavy atom. The van der Waals surface area contributed by atoms with E-state index < -0.39 is 0 Å². The van der Waals surface area contributed by atoms with E-state index in [0.29, 0.717) is 5.92 Å². The van der Waals surface area contributed by atoms with Crippen molar-refractivity contribution in [2.75, 3.05) is 5.32 Å². The highest BCUT2D eigenvalue weighted by Gasteiger charge is 2.25. The molecule has 1 aliphatic heterocycles. The number of fused-ring (bicyclic) bond motifs is 1. The molecule has 1 amide bonds. The molecule has 0 radical (unpaired) electrons. The van der Waals surface area contributed by atoms with Gasteiger partial charge in [0.25, 0.3) is 0 Å². The smallest absolute Gasteiger partial charge is 0.227 e. The Morgan fingerprint density at radius 1 is 1.29 bits per heavy atom. The fraction of sp³-hybridized carbons (Fsp3) is 0.417. The first-order valence-corrected chi connectivity index (χ1v) is 5.07. The van der Waals surface area contributed by atoms with Crippen molar-refractivity contribution in [1.82, 2.24) is 0 Å². The maximum atomic E-state index is 11.7. The number of para-hydroxylation sites is 1. The minimum absolute atomic E-state index is 0.0994. The SMILES string of the molecule is CC1Cc2ccccc2NC(=O)C1C. The molecule has 2 nitrogen and oxygen atoms in total. The molecule has 2 heteroatoms. The summed E-state index contributed by atoms with van der Waals surface area (Å²) in [5, 5.41) is 2.96. The second-order valence-electron chi connectivity index (χ2n) is 4.12. The van der Waals surface area contributed by atoms with Crippen molar-refractivity contribution >= 4 is 11.6 Å². The van der Waals surface area contributed by atoms with Crippen molar-refractivity contribution in [1.29, 1.82) is 0 Å². The topological polar surface area (TPSA) is 29.1 Å². The van der Waals surface area contributed by atoms with Crippen LogP contribution in [-0.2, 0) is 11.2 Å². The zero-order valence-electron chi connectivity index (χ0n) is 8.58. The van der Waals surface area contributed by atoms with Gasteiger partial charge in [-0.2, -0.15) is 0 Å². The van der Waals surface area contributed by atoms with E-state index in [9.17, 15) is 4.79 Å². The average Bonchev–Trinajstić information content (AvgIpc) is 2.28. The van der Waals surface area contributed by atoms with E-state index in [0.717, 1.165) is 12.1 Å². The molecule has 2 atom stereocenters. The normalized spacial score (nSPS) is 26.3. The Morgan fingerprint density at radius 3 is 2.79 bits per heavy atom. The molecule has 2 unspecified atom stereocenters. The van der Waals surface area contributed by atoms with E-state index in [-0.39, 0.29) is 11.8 Å². The van der Waals surface area contributed by atoms with Gasteiger partial charge in [-0.05, 0) is 24.0 Å². The molecule has 2 rings (SSSR count). The van der Waals surface area contributed by atoms with Gasteiger partial charge in [-0.3, -0.25) is 4.79 Å². The van der Waals surface area contributed by atoms with Crippen LogP contribution in [0.5, 0.6) is 0 Å². The molecule has 1 N–H and O–H groups in total. The van der Waals surface area contributed by atoms with Crippen LogP contribution in [0.2, 0.25) is 0 Å². The molecule has 1 aliphatic rings. The van der Waals surface area contributed by atoms with Crippen molar-refractivity contribution in [3.8, 4) is 0 Å². The summed E-state index contributed by atoms with van der Waals surface area (Å²) in [5.74, 6) is 0.656. The van der Waals surface area contributed by atoms with Crippen LogP contribution in [0.15, 0.2) is 24.3 Å². The summed E-state index contributed by atoms with van der Waals surface area (Å²) in [6.07, 6.45) is 0.982. The number of amides is 1. The average molecular weight is 189 g/mol.